The number of thiophene rings is 1. The van der Waals surface area contributed by atoms with Crippen molar-refractivity contribution < 1.29 is 17.9 Å². The maximum atomic E-state index is 13.1. The van der Waals surface area contributed by atoms with Gasteiger partial charge in [0.25, 0.3) is 15.9 Å². The molecule has 0 bridgehead atoms. The molecule has 0 radical (unpaired) electrons. The Labute approximate surface area is 173 Å². The van der Waals surface area contributed by atoms with Gasteiger partial charge >= 0.3 is 0 Å². The summed E-state index contributed by atoms with van der Waals surface area (Å²) < 4.78 is 33.0. The minimum absolute atomic E-state index is 0.268. The highest BCUT2D eigenvalue weighted by atomic mass is 32.2. The van der Waals surface area contributed by atoms with Gasteiger partial charge in [-0.25, -0.2) is 8.42 Å². The Hall–Kier alpha value is -2.84. The fourth-order valence-electron chi connectivity index (χ4n) is 3.33. The molecule has 4 rings (SSSR count). The van der Waals surface area contributed by atoms with Crippen LogP contribution in [0.15, 0.2) is 64.2 Å². The molecule has 0 aliphatic carbocycles. The molecule has 0 unspecified atom stereocenters. The Kier molecular flexibility index (Phi) is 5.29. The van der Waals surface area contributed by atoms with E-state index < -0.39 is 10.0 Å². The number of nitrogens with one attached hydrogen (secondary N) is 1. The number of carbonyl (C=O) groups excluding carboxylic acids is 1. The highest BCUT2D eigenvalue weighted by molar-refractivity contribution is 7.94. The van der Waals surface area contributed by atoms with E-state index in [0.29, 0.717) is 33.4 Å². The third-order valence-electron chi connectivity index (χ3n) is 4.81. The number of carbonyl (C=O) groups is 1. The second kappa shape index (κ2) is 7.88. The minimum atomic E-state index is -3.61. The largest absolute Gasteiger partial charge is 0.497 e. The van der Waals surface area contributed by atoms with Gasteiger partial charge in [-0.1, -0.05) is 12.1 Å². The van der Waals surface area contributed by atoms with Gasteiger partial charge in [0.2, 0.25) is 0 Å². The maximum Gasteiger partial charge on any atom is 0.273 e. The van der Waals surface area contributed by atoms with Gasteiger partial charge in [-0.05, 0) is 66.2 Å². The van der Waals surface area contributed by atoms with Gasteiger partial charge in [-0.3, -0.25) is 9.10 Å². The van der Waals surface area contributed by atoms with Crippen LogP contribution in [0.5, 0.6) is 5.75 Å². The van der Waals surface area contributed by atoms with Gasteiger partial charge in [0.05, 0.1) is 12.8 Å². The highest BCUT2D eigenvalue weighted by Crippen LogP contribution is 2.35. The molecule has 0 fully saturated rings. The number of hydrogen-bond acceptors (Lipinski definition) is 5. The number of nitrogens with zero attached hydrogens (tertiary/aromatic N) is 1. The Morgan fingerprint density at radius 3 is 2.62 bits per heavy atom. The molecule has 2 aromatic carbocycles. The molecule has 0 saturated heterocycles. The average Bonchev–Trinajstić information content (AvgIpc) is 3.29. The van der Waals surface area contributed by atoms with Crippen LogP contribution in [0.2, 0.25) is 0 Å². The van der Waals surface area contributed by atoms with Crippen LogP contribution in [0.4, 0.5) is 11.4 Å². The summed E-state index contributed by atoms with van der Waals surface area (Å²) in [5.74, 6) is 0.404. The van der Waals surface area contributed by atoms with E-state index in [-0.39, 0.29) is 5.91 Å². The number of anilines is 2. The summed E-state index contributed by atoms with van der Waals surface area (Å²) in [4.78, 5) is 12.6. The number of rotatable bonds is 5. The van der Waals surface area contributed by atoms with Gasteiger partial charge in [-0.15, -0.1) is 11.3 Å². The first-order chi connectivity index (χ1) is 14.0. The number of aryl methyl sites for hydroxylation is 1. The van der Waals surface area contributed by atoms with E-state index >= 15 is 0 Å². The lowest BCUT2D eigenvalue weighted by Gasteiger charge is -2.30. The summed E-state index contributed by atoms with van der Waals surface area (Å²) in [5.41, 5.74) is 2.63. The predicted octanol–water partition coefficient (Wildman–Crippen LogP) is 4.15. The Bertz CT molecular complexity index is 1120. The van der Waals surface area contributed by atoms with Crippen molar-refractivity contribution in [1.82, 2.24) is 0 Å². The van der Waals surface area contributed by atoms with Crippen LogP contribution in [0.25, 0.3) is 0 Å². The van der Waals surface area contributed by atoms with Gasteiger partial charge in [-0.2, -0.15) is 0 Å². The minimum Gasteiger partial charge on any atom is -0.497 e. The summed E-state index contributed by atoms with van der Waals surface area (Å²) in [6, 6.07) is 15.6. The second-order valence-electron chi connectivity index (χ2n) is 6.64. The standard InChI is InChI=1S/C21H20N2O4S2/c1-27-18-10-7-16(8-11-18)21(24)22-17-9-6-15-4-2-12-23(19(15)14-17)29(25,26)20-5-3-13-28-20/h3,5-11,13-14H,2,4,12H2,1H3,(H,22,24). The van der Waals surface area contributed by atoms with Crippen molar-refractivity contribution in [3.63, 3.8) is 0 Å². The zero-order valence-electron chi connectivity index (χ0n) is 15.8. The van der Waals surface area contributed by atoms with Crippen LogP contribution in [0.3, 0.4) is 0 Å². The number of fused-ring (bicyclic) bond motifs is 1. The number of methoxy groups -OCH3 is 1. The Morgan fingerprint density at radius 1 is 1.14 bits per heavy atom. The number of hydrogen-bond donors (Lipinski definition) is 1. The zero-order chi connectivity index (χ0) is 20.4. The third-order valence-corrected chi connectivity index (χ3v) is 8.00. The van der Waals surface area contributed by atoms with Crippen LogP contribution in [-0.2, 0) is 16.4 Å². The van der Waals surface area contributed by atoms with Crippen molar-refractivity contribution in [2.24, 2.45) is 0 Å². The van der Waals surface area contributed by atoms with E-state index in [2.05, 4.69) is 5.32 Å². The van der Waals surface area contributed by atoms with Crippen molar-refractivity contribution in [3.05, 3.63) is 71.1 Å². The molecule has 6 nitrogen and oxygen atoms in total. The van der Waals surface area contributed by atoms with Crippen molar-refractivity contribution in [2.75, 3.05) is 23.3 Å². The summed E-state index contributed by atoms with van der Waals surface area (Å²) in [7, 11) is -2.04. The molecule has 1 aromatic heterocycles. The van der Waals surface area contributed by atoms with Crippen LogP contribution in [0.1, 0.15) is 22.3 Å². The lowest BCUT2D eigenvalue weighted by molar-refractivity contribution is 0.102. The SMILES string of the molecule is COc1ccc(C(=O)Nc2ccc3c(c2)N(S(=O)(=O)c2cccs2)CCC3)cc1. The quantitative estimate of drug-likeness (QED) is 0.662. The first kappa shape index (κ1) is 19.5. The fraction of sp³-hybridized carbons (Fsp3) is 0.190. The zero-order valence-corrected chi connectivity index (χ0v) is 17.4. The topological polar surface area (TPSA) is 75.7 Å². The molecule has 8 heteroatoms. The molecule has 3 aromatic rings. The van der Waals surface area contributed by atoms with Crippen LogP contribution in [-0.4, -0.2) is 28.0 Å². The normalized spacial score (nSPS) is 13.6. The molecular formula is C21H20N2O4S2. The number of sulfonamides is 1. The average molecular weight is 429 g/mol. The predicted molar refractivity (Wildman–Crippen MR) is 115 cm³/mol. The number of benzene rings is 2. The van der Waals surface area contributed by atoms with Crippen molar-refractivity contribution in [2.45, 2.75) is 17.1 Å². The first-order valence-electron chi connectivity index (χ1n) is 9.13. The molecule has 1 amide bonds. The Balaban J connectivity index is 1.62. The lowest BCUT2D eigenvalue weighted by Crippen LogP contribution is -2.35. The van der Waals surface area contributed by atoms with Crippen LogP contribution >= 0.6 is 11.3 Å². The molecule has 0 spiro atoms. The monoisotopic (exact) mass is 428 g/mol. The summed E-state index contributed by atoms with van der Waals surface area (Å²) in [6.07, 6.45) is 1.56. The van der Waals surface area contributed by atoms with Crippen molar-refractivity contribution in [3.8, 4) is 5.75 Å². The lowest BCUT2D eigenvalue weighted by atomic mass is 10.0. The molecule has 150 valence electrons. The molecule has 0 atom stereocenters. The van der Waals surface area contributed by atoms with Crippen LogP contribution < -0.4 is 14.4 Å². The molecular weight excluding hydrogens is 408 g/mol. The van der Waals surface area contributed by atoms with E-state index in [1.165, 1.54) is 15.6 Å². The van der Waals surface area contributed by atoms with Gasteiger partial charge < -0.3 is 10.1 Å². The summed E-state index contributed by atoms with van der Waals surface area (Å²) >= 11 is 1.20. The van der Waals surface area contributed by atoms with E-state index in [0.717, 1.165) is 18.4 Å². The first-order valence-corrected chi connectivity index (χ1v) is 11.5. The van der Waals surface area contributed by atoms with E-state index in [4.69, 9.17) is 4.74 Å². The smallest absolute Gasteiger partial charge is 0.273 e. The third kappa shape index (κ3) is 3.86. The van der Waals surface area contributed by atoms with Crippen molar-refractivity contribution in [1.29, 1.82) is 0 Å². The van der Waals surface area contributed by atoms with Crippen molar-refractivity contribution >= 4 is 38.6 Å². The molecule has 1 N–H and O–H groups in total. The van der Waals surface area contributed by atoms with E-state index in [9.17, 15) is 13.2 Å². The molecule has 29 heavy (non-hydrogen) atoms. The maximum absolute atomic E-state index is 13.1. The van der Waals surface area contributed by atoms with Gasteiger partial charge in [0.1, 0.15) is 9.96 Å². The molecule has 0 saturated carbocycles. The van der Waals surface area contributed by atoms with E-state index in [1.807, 2.05) is 12.1 Å². The number of ether oxygens (including phenoxy) is 1. The van der Waals surface area contributed by atoms with Gasteiger partial charge in [0, 0.05) is 17.8 Å². The molecule has 1 aliphatic heterocycles. The second-order valence-corrected chi connectivity index (χ2v) is 9.68. The molecule has 2 heterocycles. The Morgan fingerprint density at radius 2 is 1.93 bits per heavy atom. The van der Waals surface area contributed by atoms with Gasteiger partial charge in [0.15, 0.2) is 0 Å². The number of amides is 1. The summed E-state index contributed by atoms with van der Waals surface area (Å²) in [6.45, 7) is 0.420. The highest BCUT2D eigenvalue weighted by Gasteiger charge is 2.30. The summed E-state index contributed by atoms with van der Waals surface area (Å²) in [5, 5.41) is 4.61. The van der Waals surface area contributed by atoms with Crippen LogP contribution in [0, 0.1) is 0 Å². The van der Waals surface area contributed by atoms with E-state index in [1.54, 1.807) is 55.0 Å². The molecule has 1 aliphatic rings. The fourth-order valence-corrected chi connectivity index (χ4v) is 5.97.